The molecule has 0 rings (SSSR count). The molecule has 5 heavy (non-hydrogen) atoms. The van der Waals surface area contributed by atoms with Crippen molar-refractivity contribution in [3.63, 3.8) is 0 Å². The summed E-state index contributed by atoms with van der Waals surface area (Å²) in [6, 6.07) is 0. The van der Waals surface area contributed by atoms with E-state index in [0.717, 1.165) is 0 Å². The van der Waals surface area contributed by atoms with Crippen LogP contribution in [0.4, 0.5) is 0 Å². The van der Waals surface area contributed by atoms with Crippen molar-refractivity contribution < 1.29 is 17.1 Å². The Morgan fingerprint density at radius 1 is 0.800 bits per heavy atom. The van der Waals surface area contributed by atoms with E-state index >= 15 is 0 Å². The molecule has 0 atom stereocenters. The zero-order valence-electron chi connectivity index (χ0n) is 2.35. The van der Waals surface area contributed by atoms with Crippen LogP contribution in [0.2, 0.25) is 0 Å². The third-order valence-corrected chi connectivity index (χ3v) is 0. The summed E-state index contributed by atoms with van der Waals surface area (Å²) < 4.78 is 0. The summed E-state index contributed by atoms with van der Waals surface area (Å²) in [5.41, 5.74) is 0. The Morgan fingerprint density at radius 3 is 0.800 bits per heavy atom. The summed E-state index contributed by atoms with van der Waals surface area (Å²) in [7, 11) is 0. The molecule has 0 aliphatic heterocycles. The van der Waals surface area contributed by atoms with Crippen LogP contribution >= 0.6 is 0 Å². The van der Waals surface area contributed by atoms with E-state index in [1.54, 1.807) is 0 Å². The maximum Gasteiger partial charge on any atom is 0.0462 e. The van der Waals surface area contributed by atoms with Crippen molar-refractivity contribution in [1.82, 2.24) is 0 Å². The third-order valence-electron chi connectivity index (χ3n) is 0. The van der Waals surface area contributed by atoms with Gasteiger partial charge in [-0.05, 0) is 0 Å². The molecule has 0 bridgehead atoms. The van der Waals surface area contributed by atoms with E-state index < -0.39 is 0 Å². The van der Waals surface area contributed by atoms with Crippen LogP contribution in [-0.2, 0) is 17.1 Å². The predicted molar refractivity (Wildman–Crippen MR) is 13.3 cm³/mol. The van der Waals surface area contributed by atoms with Gasteiger partial charge in [-0.25, -0.2) is 10.5 Å². The van der Waals surface area contributed by atoms with Gasteiger partial charge in [-0.2, -0.15) is 0 Å². The Hall–Kier alpha value is -0.501. The van der Waals surface area contributed by atoms with Gasteiger partial charge in [0.1, 0.15) is 0 Å². The summed E-state index contributed by atoms with van der Waals surface area (Å²) in [6.45, 7) is 7.00. The molecule has 0 aliphatic rings. The first-order valence-electron chi connectivity index (χ1n) is 0.516. The molecule has 0 fully saturated rings. The second kappa shape index (κ2) is 87.3. The molecule has 2 nitrogen and oxygen atoms in total. The quantitative estimate of drug-likeness (QED) is 0.428. The molecule has 0 N–H and O–H groups in total. The maximum atomic E-state index is 6.50. The molecular weight excluding hydrogens is 116 g/mol. The van der Waals surface area contributed by atoms with Gasteiger partial charge in [-0.15, -0.1) is 0 Å². The first kappa shape index (κ1) is 24.5. The number of hydrogen-bond donors (Lipinski definition) is 0. The zero-order valence-corrected chi connectivity index (χ0v) is 3.29. The number of nitrogens with zero attached hydrogens (tertiary/aromatic N) is 2. The van der Waals surface area contributed by atoms with Crippen molar-refractivity contribution in [2.45, 2.75) is 0 Å². The second-order valence-corrected chi connectivity index (χ2v) is 0. The average molecular weight is 118 g/mol. The second-order valence-electron chi connectivity index (χ2n) is 0. The van der Waals surface area contributed by atoms with E-state index in [9.17, 15) is 0 Å². The van der Waals surface area contributed by atoms with E-state index in [0.29, 0.717) is 0 Å². The molecule has 0 amide bonds. The van der Waals surface area contributed by atoms with Crippen molar-refractivity contribution in [2.75, 3.05) is 0 Å². The fourth-order valence-corrected chi connectivity index (χ4v) is 0. The number of hydrogen-bond acceptors (Lipinski definition) is 2. The van der Waals surface area contributed by atoms with Gasteiger partial charge in [0.2, 0.25) is 0 Å². The van der Waals surface area contributed by atoms with Crippen LogP contribution in [0.15, 0.2) is 0 Å². The smallest absolute Gasteiger partial charge is 0.0462 e. The van der Waals surface area contributed by atoms with Gasteiger partial charge in [-0.3, -0.25) is 0 Å². The van der Waals surface area contributed by atoms with Gasteiger partial charge in [0.25, 0.3) is 0 Å². The topological polar surface area (TPSA) is 47.6 Å². The summed E-state index contributed by atoms with van der Waals surface area (Å²) in [5, 5.41) is 13.0. The minimum atomic E-state index is 0. The van der Waals surface area contributed by atoms with Crippen LogP contribution in [0.1, 0.15) is 0 Å². The van der Waals surface area contributed by atoms with Crippen LogP contribution in [0, 0.1) is 23.7 Å². The van der Waals surface area contributed by atoms with Crippen LogP contribution in [0.25, 0.3) is 0 Å². The van der Waals surface area contributed by atoms with Gasteiger partial charge >= 0.3 is 0 Å². The van der Waals surface area contributed by atoms with Crippen LogP contribution < -0.4 is 0 Å². The Labute approximate surface area is 41.5 Å². The van der Waals surface area contributed by atoms with Crippen molar-refractivity contribution in [3.05, 3.63) is 0 Å². The van der Waals surface area contributed by atoms with E-state index in [1.807, 2.05) is 0 Å². The zero-order chi connectivity index (χ0) is 4.00. The van der Waals surface area contributed by atoms with Crippen LogP contribution in [0.3, 0.4) is 0 Å². The van der Waals surface area contributed by atoms with Gasteiger partial charge in [-0.1, -0.05) is 0 Å². The molecule has 0 heterocycles. The fourth-order valence-electron chi connectivity index (χ4n) is 0. The third kappa shape index (κ3) is 31.4. The van der Waals surface area contributed by atoms with Crippen LogP contribution in [-0.4, -0.2) is 0 Å². The standard InChI is InChI=1S/2CHN.Cu/c2*1-2;/h2*1H;. The molecule has 0 aromatic carbocycles. The first-order chi connectivity index (χ1) is 2.00. The average Bonchev–Trinajstić information content (AvgIpc) is 1.50. The molecule has 0 saturated heterocycles. The number of nitriles is 2. The molecule has 31 valence electrons. The van der Waals surface area contributed by atoms with E-state index in [2.05, 4.69) is 13.1 Å². The normalized spacial score (nSPS) is 0.800. The molecule has 0 aromatic heterocycles. The fraction of sp³-hybridized carbons (Fsp3) is 0. The van der Waals surface area contributed by atoms with Gasteiger partial charge in [0.15, 0.2) is 0 Å². The molecule has 0 aromatic rings. The number of rotatable bonds is 0. The molecule has 1 radical (unpaired) electrons. The maximum absolute atomic E-state index is 6.50. The Kier molecular flexibility index (Phi) is 428. The molecule has 0 aliphatic carbocycles. The molecule has 3 heteroatoms. The van der Waals surface area contributed by atoms with Gasteiger partial charge in [0, 0.05) is 30.2 Å². The Morgan fingerprint density at radius 2 is 0.800 bits per heavy atom. The van der Waals surface area contributed by atoms with Crippen molar-refractivity contribution in [3.8, 4) is 13.1 Å². The predicted octanol–water partition coefficient (Wildman–Crippen LogP) is 0.277. The Bertz CT molecular complexity index is 23.1. The minimum Gasteiger partial charge on any atom is -0.202 e. The largest absolute Gasteiger partial charge is 0.202 e. The van der Waals surface area contributed by atoms with E-state index in [1.165, 1.54) is 0 Å². The summed E-state index contributed by atoms with van der Waals surface area (Å²) in [6.07, 6.45) is 0. The van der Waals surface area contributed by atoms with E-state index in [-0.39, 0.29) is 17.1 Å². The Balaban J connectivity index is -0.0000000133. The van der Waals surface area contributed by atoms with Crippen LogP contribution in [0.5, 0.6) is 0 Å². The van der Waals surface area contributed by atoms with Crippen molar-refractivity contribution in [2.24, 2.45) is 0 Å². The minimum absolute atomic E-state index is 0. The van der Waals surface area contributed by atoms with Crippen molar-refractivity contribution in [1.29, 1.82) is 10.5 Å². The van der Waals surface area contributed by atoms with Gasteiger partial charge < -0.3 is 0 Å². The molecule has 0 saturated carbocycles. The molecular formula is C2H2CuN2. The van der Waals surface area contributed by atoms with Gasteiger partial charge in [0.05, 0.1) is 0 Å². The SMILES string of the molecule is C#N.C#N.[Cu]. The summed E-state index contributed by atoms with van der Waals surface area (Å²) in [5.74, 6) is 0. The molecule has 0 unspecified atom stereocenters. The summed E-state index contributed by atoms with van der Waals surface area (Å²) >= 11 is 0. The first-order valence-corrected chi connectivity index (χ1v) is 0.516. The summed E-state index contributed by atoms with van der Waals surface area (Å²) in [4.78, 5) is 0. The molecule has 0 spiro atoms. The van der Waals surface area contributed by atoms with Crippen molar-refractivity contribution >= 4 is 0 Å². The van der Waals surface area contributed by atoms with E-state index in [4.69, 9.17) is 10.5 Å². The monoisotopic (exact) mass is 117 g/mol.